The SMILES string of the molecule is CCC1(CC)CCCC(C(=O)CCC(C2CCC3CCCCC3C2)S(=O)[O-])C1. The second-order valence-corrected chi connectivity index (χ2v) is 11.3. The summed E-state index contributed by atoms with van der Waals surface area (Å²) in [4.78, 5) is 13.0. The number of ketones is 1. The molecule has 3 aliphatic rings. The topological polar surface area (TPSA) is 57.2 Å². The van der Waals surface area contributed by atoms with Crippen LogP contribution in [0.25, 0.3) is 0 Å². The van der Waals surface area contributed by atoms with E-state index in [0.717, 1.165) is 56.8 Å². The van der Waals surface area contributed by atoms with E-state index in [9.17, 15) is 13.6 Å². The van der Waals surface area contributed by atoms with Gasteiger partial charge in [0.15, 0.2) is 0 Å². The lowest BCUT2D eigenvalue weighted by molar-refractivity contribution is -0.125. The van der Waals surface area contributed by atoms with Crippen molar-refractivity contribution in [2.75, 3.05) is 0 Å². The van der Waals surface area contributed by atoms with Crippen molar-refractivity contribution in [1.29, 1.82) is 0 Å². The molecule has 0 radical (unpaired) electrons. The van der Waals surface area contributed by atoms with Crippen LogP contribution in [0.15, 0.2) is 0 Å². The van der Waals surface area contributed by atoms with Crippen molar-refractivity contribution < 1.29 is 13.6 Å². The minimum Gasteiger partial charge on any atom is -0.772 e. The van der Waals surface area contributed by atoms with Gasteiger partial charge in [-0.3, -0.25) is 9.00 Å². The highest BCUT2D eigenvalue weighted by Crippen LogP contribution is 2.46. The van der Waals surface area contributed by atoms with Crippen LogP contribution in [0.2, 0.25) is 0 Å². The number of carbonyl (C=O) groups excluding carboxylic acids is 1. The summed E-state index contributed by atoms with van der Waals surface area (Å²) in [6, 6.07) is 0. The minimum atomic E-state index is -2.06. The van der Waals surface area contributed by atoms with E-state index in [1.165, 1.54) is 38.5 Å². The van der Waals surface area contributed by atoms with Crippen LogP contribution in [0.5, 0.6) is 0 Å². The van der Waals surface area contributed by atoms with Gasteiger partial charge in [0.25, 0.3) is 0 Å². The first-order valence-electron chi connectivity index (χ1n) is 12.1. The highest BCUT2D eigenvalue weighted by molar-refractivity contribution is 7.79. The zero-order valence-electron chi connectivity index (χ0n) is 18.1. The Bertz CT molecular complexity index is 542. The number of hydrogen-bond donors (Lipinski definition) is 0. The highest BCUT2D eigenvalue weighted by atomic mass is 32.2. The highest BCUT2D eigenvalue weighted by Gasteiger charge is 2.38. The summed E-state index contributed by atoms with van der Waals surface area (Å²) in [5.41, 5.74) is 0.346. The maximum absolute atomic E-state index is 13.0. The fourth-order valence-corrected chi connectivity index (χ4v) is 7.71. The number of hydrogen-bond acceptors (Lipinski definition) is 3. The second kappa shape index (κ2) is 10.2. The van der Waals surface area contributed by atoms with E-state index in [4.69, 9.17) is 0 Å². The molecular weight excluding hydrogens is 368 g/mol. The van der Waals surface area contributed by atoms with Gasteiger partial charge >= 0.3 is 0 Å². The molecule has 3 saturated carbocycles. The van der Waals surface area contributed by atoms with Crippen molar-refractivity contribution in [1.82, 2.24) is 0 Å². The van der Waals surface area contributed by atoms with Gasteiger partial charge in [-0.25, -0.2) is 0 Å². The Morgan fingerprint density at radius 2 is 1.75 bits per heavy atom. The number of rotatable bonds is 8. The molecule has 0 saturated heterocycles. The third-order valence-corrected chi connectivity index (χ3v) is 10.0. The first-order valence-corrected chi connectivity index (χ1v) is 13.2. The number of carbonyl (C=O) groups is 1. The van der Waals surface area contributed by atoms with Crippen molar-refractivity contribution in [3.05, 3.63) is 0 Å². The fraction of sp³-hybridized carbons (Fsp3) is 0.958. The Balaban J connectivity index is 1.54. The second-order valence-electron chi connectivity index (χ2n) is 10.2. The molecule has 162 valence electrons. The molecule has 0 aromatic carbocycles. The van der Waals surface area contributed by atoms with E-state index in [1.807, 2.05) is 0 Å². The Morgan fingerprint density at radius 3 is 2.43 bits per heavy atom. The summed E-state index contributed by atoms with van der Waals surface area (Å²) in [6.45, 7) is 4.52. The molecule has 3 nitrogen and oxygen atoms in total. The average molecular weight is 410 g/mol. The van der Waals surface area contributed by atoms with E-state index in [-0.39, 0.29) is 17.1 Å². The van der Waals surface area contributed by atoms with Crippen LogP contribution in [0.3, 0.4) is 0 Å². The van der Waals surface area contributed by atoms with E-state index in [0.29, 0.717) is 24.0 Å². The summed E-state index contributed by atoms with van der Waals surface area (Å²) in [7, 11) is 0. The molecule has 0 heterocycles. The standard InChI is InChI=1S/C24H42O3S/c1-3-24(4-2)15-7-10-21(17-24)22(25)13-14-23(28(26)27)20-12-11-18-8-5-6-9-19(18)16-20/h18-21,23H,3-17H2,1-2H3,(H,26,27)/p-1. The Morgan fingerprint density at radius 1 is 1.04 bits per heavy atom. The Hall–Kier alpha value is -0.220. The van der Waals surface area contributed by atoms with Gasteiger partial charge in [0.2, 0.25) is 0 Å². The zero-order valence-corrected chi connectivity index (χ0v) is 18.9. The largest absolute Gasteiger partial charge is 0.772 e. The van der Waals surface area contributed by atoms with Gasteiger partial charge in [0.05, 0.1) is 0 Å². The molecule has 0 spiro atoms. The first kappa shape index (κ1) is 22.5. The summed E-state index contributed by atoms with van der Waals surface area (Å²) < 4.78 is 24.1. The quantitative estimate of drug-likeness (QED) is 0.449. The van der Waals surface area contributed by atoms with Gasteiger partial charge in [0.1, 0.15) is 5.78 Å². The van der Waals surface area contributed by atoms with E-state index in [1.54, 1.807) is 0 Å². The molecule has 0 amide bonds. The molecule has 4 heteroatoms. The lowest BCUT2D eigenvalue weighted by Crippen LogP contribution is -2.36. The zero-order chi connectivity index (χ0) is 20.1. The van der Waals surface area contributed by atoms with Crippen molar-refractivity contribution >= 4 is 16.9 Å². The van der Waals surface area contributed by atoms with E-state index >= 15 is 0 Å². The molecule has 6 unspecified atom stereocenters. The van der Waals surface area contributed by atoms with Crippen LogP contribution in [-0.4, -0.2) is 19.8 Å². The summed E-state index contributed by atoms with van der Waals surface area (Å²) in [5, 5.41) is -0.308. The third kappa shape index (κ3) is 5.28. The van der Waals surface area contributed by atoms with Gasteiger partial charge in [0, 0.05) is 17.6 Å². The normalized spacial score (nSPS) is 35.0. The lowest BCUT2D eigenvalue weighted by Gasteiger charge is -2.42. The molecule has 3 rings (SSSR count). The molecule has 28 heavy (non-hydrogen) atoms. The molecule has 3 fully saturated rings. The molecule has 3 aliphatic carbocycles. The van der Waals surface area contributed by atoms with Crippen LogP contribution in [0.1, 0.15) is 110 Å². The minimum absolute atomic E-state index is 0.170. The number of Topliss-reactive ketones (excluding diaryl/α,β-unsaturated/α-hetero) is 1. The predicted octanol–water partition coefficient (Wildman–Crippen LogP) is 6.19. The smallest absolute Gasteiger partial charge is 0.136 e. The van der Waals surface area contributed by atoms with Crippen molar-refractivity contribution in [2.45, 2.75) is 115 Å². The fourth-order valence-electron chi connectivity index (χ4n) is 6.84. The molecular formula is C24H41O3S-. The van der Waals surface area contributed by atoms with Crippen molar-refractivity contribution in [3.63, 3.8) is 0 Å². The number of fused-ring (bicyclic) bond motifs is 1. The predicted molar refractivity (Wildman–Crippen MR) is 115 cm³/mol. The third-order valence-electron chi connectivity index (χ3n) is 8.92. The van der Waals surface area contributed by atoms with Crippen LogP contribution in [0, 0.1) is 29.1 Å². The molecule has 0 N–H and O–H groups in total. The molecule has 0 aliphatic heterocycles. The maximum atomic E-state index is 13.0. The van der Waals surface area contributed by atoms with Gasteiger partial charge in [-0.2, -0.15) is 0 Å². The van der Waals surface area contributed by atoms with Crippen LogP contribution >= 0.6 is 0 Å². The molecule has 0 aromatic heterocycles. The Kier molecular flexibility index (Phi) is 8.18. The van der Waals surface area contributed by atoms with Gasteiger partial charge in [-0.15, -0.1) is 0 Å². The lowest BCUT2D eigenvalue weighted by atomic mass is 9.65. The van der Waals surface area contributed by atoms with Gasteiger partial charge < -0.3 is 4.55 Å². The van der Waals surface area contributed by atoms with Crippen LogP contribution < -0.4 is 0 Å². The molecule has 0 aromatic rings. The van der Waals surface area contributed by atoms with Crippen LogP contribution in [-0.2, 0) is 15.9 Å². The summed E-state index contributed by atoms with van der Waals surface area (Å²) in [5.74, 6) is 2.37. The van der Waals surface area contributed by atoms with Crippen molar-refractivity contribution in [2.24, 2.45) is 29.1 Å². The first-order chi connectivity index (χ1) is 13.5. The maximum Gasteiger partial charge on any atom is 0.136 e. The van der Waals surface area contributed by atoms with Crippen LogP contribution in [0.4, 0.5) is 0 Å². The van der Waals surface area contributed by atoms with Gasteiger partial charge in [-0.1, -0.05) is 69.9 Å². The molecule has 6 atom stereocenters. The van der Waals surface area contributed by atoms with E-state index < -0.39 is 11.1 Å². The summed E-state index contributed by atoms with van der Waals surface area (Å²) >= 11 is -2.06. The van der Waals surface area contributed by atoms with E-state index in [2.05, 4.69) is 13.8 Å². The average Bonchev–Trinajstić information content (AvgIpc) is 2.73. The summed E-state index contributed by atoms with van der Waals surface area (Å²) in [6.07, 6.45) is 16.4. The van der Waals surface area contributed by atoms with Gasteiger partial charge in [-0.05, 0) is 68.1 Å². The molecule has 0 bridgehead atoms. The van der Waals surface area contributed by atoms with Crippen molar-refractivity contribution in [3.8, 4) is 0 Å². The monoisotopic (exact) mass is 409 g/mol. The Labute approximate surface area is 175 Å².